The van der Waals surface area contributed by atoms with Gasteiger partial charge in [0.1, 0.15) is 0 Å². The number of thiocarbonyl (C=S) groups is 1. The maximum absolute atomic E-state index is 10.9. The number of amides is 1. The SMILES string of the molecule is CC(=O)Nc1ccc(C2=NNC(=S)NC2C)cc1. The van der Waals surface area contributed by atoms with E-state index in [4.69, 9.17) is 12.2 Å². The number of anilines is 1. The van der Waals surface area contributed by atoms with E-state index in [9.17, 15) is 4.79 Å². The van der Waals surface area contributed by atoms with Gasteiger partial charge in [0.2, 0.25) is 5.91 Å². The molecule has 3 N–H and O–H groups in total. The fourth-order valence-corrected chi connectivity index (χ4v) is 1.97. The Hall–Kier alpha value is -1.95. The van der Waals surface area contributed by atoms with E-state index in [-0.39, 0.29) is 11.9 Å². The number of nitrogens with one attached hydrogen (secondary N) is 3. The largest absolute Gasteiger partial charge is 0.353 e. The molecule has 1 unspecified atom stereocenters. The number of carbonyl (C=O) groups excluding carboxylic acids is 1. The second-order valence-corrected chi connectivity index (χ2v) is 4.47. The summed E-state index contributed by atoms with van der Waals surface area (Å²) in [5.74, 6) is -0.0835. The van der Waals surface area contributed by atoms with Gasteiger partial charge in [-0.15, -0.1) is 0 Å². The minimum atomic E-state index is -0.0835. The van der Waals surface area contributed by atoms with Crippen LogP contribution in [0, 0.1) is 0 Å². The minimum absolute atomic E-state index is 0.0605. The van der Waals surface area contributed by atoms with Crippen molar-refractivity contribution in [1.82, 2.24) is 10.7 Å². The van der Waals surface area contributed by atoms with E-state index in [1.54, 1.807) is 0 Å². The molecule has 1 atom stereocenters. The lowest BCUT2D eigenvalue weighted by Crippen LogP contribution is -2.48. The smallest absolute Gasteiger partial charge is 0.221 e. The number of hydrazone groups is 1. The quantitative estimate of drug-likeness (QED) is 0.701. The summed E-state index contributed by atoms with van der Waals surface area (Å²) in [6.45, 7) is 3.48. The molecule has 1 amide bonds. The van der Waals surface area contributed by atoms with Crippen LogP contribution in [-0.4, -0.2) is 22.8 Å². The molecule has 2 rings (SSSR count). The summed E-state index contributed by atoms with van der Waals surface area (Å²) in [6.07, 6.45) is 0. The fourth-order valence-electron chi connectivity index (χ4n) is 1.75. The zero-order valence-corrected chi connectivity index (χ0v) is 11.0. The van der Waals surface area contributed by atoms with Gasteiger partial charge in [0, 0.05) is 18.2 Å². The van der Waals surface area contributed by atoms with Gasteiger partial charge in [-0.1, -0.05) is 12.1 Å². The summed E-state index contributed by atoms with van der Waals surface area (Å²) in [7, 11) is 0. The van der Waals surface area contributed by atoms with Gasteiger partial charge in [0.15, 0.2) is 5.11 Å². The van der Waals surface area contributed by atoms with Gasteiger partial charge in [-0.25, -0.2) is 0 Å². The maximum atomic E-state index is 10.9. The van der Waals surface area contributed by atoms with E-state index < -0.39 is 0 Å². The van der Waals surface area contributed by atoms with Crippen LogP contribution in [0.2, 0.25) is 0 Å². The van der Waals surface area contributed by atoms with Crippen molar-refractivity contribution in [1.29, 1.82) is 0 Å². The van der Waals surface area contributed by atoms with Crippen LogP contribution in [0.3, 0.4) is 0 Å². The molecule has 0 bridgehead atoms. The first kappa shape index (κ1) is 12.5. The fraction of sp³-hybridized carbons (Fsp3) is 0.250. The molecule has 0 aromatic heterocycles. The first-order valence-corrected chi connectivity index (χ1v) is 5.99. The van der Waals surface area contributed by atoms with Gasteiger partial charge < -0.3 is 10.6 Å². The number of benzene rings is 1. The highest BCUT2D eigenvalue weighted by Gasteiger charge is 2.18. The molecule has 1 aliphatic rings. The van der Waals surface area contributed by atoms with Gasteiger partial charge in [-0.05, 0) is 31.3 Å². The van der Waals surface area contributed by atoms with Crippen LogP contribution in [0.1, 0.15) is 19.4 Å². The zero-order valence-electron chi connectivity index (χ0n) is 10.2. The van der Waals surface area contributed by atoms with Gasteiger partial charge in [-0.3, -0.25) is 10.2 Å². The second-order valence-electron chi connectivity index (χ2n) is 4.06. The summed E-state index contributed by atoms with van der Waals surface area (Å²) in [4.78, 5) is 10.9. The molecule has 1 aromatic rings. The summed E-state index contributed by atoms with van der Waals surface area (Å²) in [5, 5.41) is 10.6. The van der Waals surface area contributed by atoms with Crippen molar-refractivity contribution in [3.05, 3.63) is 29.8 Å². The predicted molar refractivity (Wildman–Crippen MR) is 75.6 cm³/mol. The molecule has 0 spiro atoms. The third-order valence-corrected chi connectivity index (χ3v) is 2.75. The van der Waals surface area contributed by atoms with Crippen molar-refractivity contribution in [2.45, 2.75) is 19.9 Å². The van der Waals surface area contributed by atoms with E-state index in [0.717, 1.165) is 17.0 Å². The minimum Gasteiger partial charge on any atom is -0.353 e. The maximum Gasteiger partial charge on any atom is 0.221 e. The molecular formula is C12H14N4OS. The van der Waals surface area contributed by atoms with Crippen LogP contribution in [0.25, 0.3) is 0 Å². The highest BCUT2D eigenvalue weighted by Crippen LogP contribution is 2.12. The van der Waals surface area contributed by atoms with Crippen molar-refractivity contribution < 1.29 is 4.79 Å². The van der Waals surface area contributed by atoms with E-state index in [1.165, 1.54) is 6.92 Å². The third-order valence-electron chi connectivity index (χ3n) is 2.54. The second kappa shape index (κ2) is 5.14. The lowest BCUT2D eigenvalue weighted by molar-refractivity contribution is -0.114. The van der Waals surface area contributed by atoms with Crippen LogP contribution in [0.15, 0.2) is 29.4 Å². The van der Waals surface area contributed by atoms with Crippen LogP contribution < -0.4 is 16.1 Å². The standard InChI is InChI=1S/C12H14N4OS/c1-7-11(15-16-12(18)13-7)9-3-5-10(6-4-9)14-8(2)17/h3-7H,1-2H3,(H,14,17)(H2,13,16,18). The molecule has 0 radical (unpaired) electrons. The highest BCUT2D eigenvalue weighted by atomic mass is 32.1. The van der Waals surface area contributed by atoms with Gasteiger partial charge in [0.05, 0.1) is 11.8 Å². The molecule has 18 heavy (non-hydrogen) atoms. The van der Waals surface area contributed by atoms with E-state index in [1.807, 2.05) is 31.2 Å². The number of rotatable bonds is 2. The molecule has 0 fully saturated rings. The van der Waals surface area contributed by atoms with Crippen molar-refractivity contribution >= 4 is 34.6 Å². The Morgan fingerprint density at radius 1 is 1.39 bits per heavy atom. The number of hydrogen-bond donors (Lipinski definition) is 3. The first-order chi connectivity index (χ1) is 8.56. The zero-order chi connectivity index (χ0) is 13.1. The average Bonchev–Trinajstić information content (AvgIpc) is 2.30. The van der Waals surface area contributed by atoms with Crippen LogP contribution in [0.5, 0.6) is 0 Å². The summed E-state index contributed by atoms with van der Waals surface area (Å²) in [5.41, 5.74) is 5.39. The molecule has 1 aliphatic heterocycles. The van der Waals surface area contributed by atoms with Gasteiger partial charge >= 0.3 is 0 Å². The van der Waals surface area contributed by atoms with Crippen molar-refractivity contribution in [2.75, 3.05) is 5.32 Å². The molecular weight excluding hydrogens is 248 g/mol. The number of nitrogens with zero attached hydrogens (tertiary/aromatic N) is 1. The Bertz CT molecular complexity index is 509. The van der Waals surface area contributed by atoms with Crippen molar-refractivity contribution in [2.24, 2.45) is 5.10 Å². The molecule has 1 heterocycles. The molecule has 6 heteroatoms. The van der Waals surface area contributed by atoms with Crippen molar-refractivity contribution in [3.8, 4) is 0 Å². The first-order valence-electron chi connectivity index (χ1n) is 5.58. The van der Waals surface area contributed by atoms with Crippen LogP contribution in [0.4, 0.5) is 5.69 Å². The van der Waals surface area contributed by atoms with Crippen molar-refractivity contribution in [3.63, 3.8) is 0 Å². The Labute approximate surface area is 111 Å². The molecule has 0 saturated carbocycles. The van der Waals surface area contributed by atoms with E-state index in [0.29, 0.717) is 5.11 Å². The topological polar surface area (TPSA) is 65.5 Å². The highest BCUT2D eigenvalue weighted by molar-refractivity contribution is 7.80. The number of hydrogen-bond acceptors (Lipinski definition) is 3. The Morgan fingerprint density at radius 2 is 2.06 bits per heavy atom. The van der Waals surface area contributed by atoms with Gasteiger partial charge in [-0.2, -0.15) is 5.10 Å². The molecule has 94 valence electrons. The summed E-state index contributed by atoms with van der Waals surface area (Å²) in [6, 6.07) is 7.58. The van der Waals surface area contributed by atoms with Gasteiger partial charge in [0.25, 0.3) is 0 Å². The van der Waals surface area contributed by atoms with E-state index in [2.05, 4.69) is 21.2 Å². The average molecular weight is 262 g/mol. The Morgan fingerprint density at radius 3 is 2.61 bits per heavy atom. The Balaban J connectivity index is 2.19. The Kier molecular flexibility index (Phi) is 3.57. The van der Waals surface area contributed by atoms with E-state index >= 15 is 0 Å². The monoisotopic (exact) mass is 262 g/mol. The molecule has 1 aromatic carbocycles. The molecule has 5 nitrogen and oxygen atoms in total. The lowest BCUT2D eigenvalue weighted by atomic mass is 10.0. The molecule has 0 aliphatic carbocycles. The third kappa shape index (κ3) is 2.84. The van der Waals surface area contributed by atoms with Crippen LogP contribution in [-0.2, 0) is 4.79 Å². The lowest BCUT2D eigenvalue weighted by Gasteiger charge is -2.23. The molecule has 0 saturated heterocycles. The van der Waals surface area contributed by atoms with Crippen LogP contribution >= 0.6 is 12.2 Å². The summed E-state index contributed by atoms with van der Waals surface area (Å²) < 4.78 is 0. The summed E-state index contributed by atoms with van der Waals surface area (Å²) >= 11 is 4.98. The normalized spacial score (nSPS) is 18.4. The predicted octanol–water partition coefficient (Wildman–Crippen LogP) is 1.22. The number of carbonyl (C=O) groups is 1.